The van der Waals surface area contributed by atoms with Crippen molar-refractivity contribution in [3.8, 4) is 11.5 Å². The lowest BCUT2D eigenvalue weighted by molar-refractivity contribution is -0.120. The first-order chi connectivity index (χ1) is 18.8. The Balaban J connectivity index is 1.59. The summed E-state index contributed by atoms with van der Waals surface area (Å²) in [7, 11) is 0. The molecule has 0 saturated heterocycles. The lowest BCUT2D eigenvalue weighted by Crippen LogP contribution is -2.51. The molecule has 8 nitrogen and oxygen atoms in total. The van der Waals surface area contributed by atoms with E-state index in [0.717, 1.165) is 0 Å². The fraction of sp³-hybridized carbons (Fsp3) is 0.0690. The zero-order valence-electron chi connectivity index (χ0n) is 20.1. The quantitative estimate of drug-likeness (QED) is 0.234. The molecule has 2 unspecified atom stereocenters. The summed E-state index contributed by atoms with van der Waals surface area (Å²) in [6.45, 7) is 0. The highest BCUT2D eigenvalue weighted by molar-refractivity contribution is 6.47. The van der Waals surface area contributed by atoms with Crippen LogP contribution >= 0.6 is 23.2 Å². The smallest absolute Gasteiger partial charge is 0.272 e. The van der Waals surface area contributed by atoms with Gasteiger partial charge in [-0.05, 0) is 78.4 Å². The molecule has 10 heteroatoms. The maximum absolute atomic E-state index is 14.1. The Hall–Kier alpha value is -4.53. The first kappa shape index (κ1) is 24.8. The third-order valence-electron chi connectivity index (χ3n) is 6.85. The van der Waals surface area contributed by atoms with Gasteiger partial charge in [0.25, 0.3) is 11.8 Å². The first-order valence-electron chi connectivity index (χ1n) is 11.9. The first-order valence-corrected chi connectivity index (χ1v) is 12.7. The average Bonchev–Trinajstić information content (AvgIpc) is 3.41. The number of fused-ring (bicyclic) bond motifs is 2. The standard InChI is InChI=1S/C29H20Cl2N4O4/c30-17-4-9-20(10-5-17)35-29(23-13-6-18(31)15-24(23)33-28(29)39)25(16-2-1-3-22(37)14-16)26(34-35)27(38)32-19-7-11-21(36)12-8-19/h1-15,25,36-37H,(H,32,38)(H,33,39). The van der Waals surface area contributed by atoms with E-state index in [1.54, 1.807) is 66.7 Å². The number of hydrogen-bond acceptors (Lipinski definition) is 6. The van der Waals surface area contributed by atoms with E-state index < -0.39 is 23.3 Å². The number of carbonyl (C=O) groups excluding carboxylic acids is 2. The van der Waals surface area contributed by atoms with E-state index in [9.17, 15) is 19.8 Å². The lowest BCUT2D eigenvalue weighted by atomic mass is 9.72. The van der Waals surface area contributed by atoms with Crippen molar-refractivity contribution >= 4 is 57.8 Å². The SMILES string of the molecule is O=C(Nc1ccc(O)cc1)C1=NN(c2ccc(Cl)cc2)C2(C(=O)Nc3cc(Cl)ccc32)C1c1cccc(O)c1. The van der Waals surface area contributed by atoms with E-state index in [0.29, 0.717) is 38.2 Å². The fourth-order valence-electron chi connectivity index (χ4n) is 5.22. The number of phenols is 2. The maximum atomic E-state index is 14.1. The molecule has 4 N–H and O–H groups in total. The Morgan fingerprint density at radius 2 is 1.62 bits per heavy atom. The largest absolute Gasteiger partial charge is 0.508 e. The van der Waals surface area contributed by atoms with Crippen LogP contribution in [0.5, 0.6) is 11.5 Å². The summed E-state index contributed by atoms with van der Waals surface area (Å²) >= 11 is 12.4. The number of phenolic OH excluding ortho intramolecular Hbond substituents is 2. The second-order valence-corrected chi connectivity index (χ2v) is 10.1. The van der Waals surface area contributed by atoms with Gasteiger partial charge in [-0.25, -0.2) is 5.01 Å². The monoisotopic (exact) mass is 558 g/mol. The second-order valence-electron chi connectivity index (χ2n) is 9.21. The number of benzene rings is 4. The van der Waals surface area contributed by atoms with Crippen LogP contribution in [0.15, 0.2) is 96.1 Å². The molecule has 1 spiro atoms. The van der Waals surface area contributed by atoms with Crippen LogP contribution in [0.2, 0.25) is 10.0 Å². The molecule has 0 radical (unpaired) electrons. The minimum atomic E-state index is -1.54. The zero-order valence-corrected chi connectivity index (χ0v) is 21.6. The van der Waals surface area contributed by atoms with Gasteiger partial charge in [0.1, 0.15) is 17.2 Å². The average molecular weight is 559 g/mol. The molecule has 4 aromatic rings. The van der Waals surface area contributed by atoms with Gasteiger partial charge in [-0.3, -0.25) is 9.59 Å². The van der Waals surface area contributed by atoms with Crippen molar-refractivity contribution in [1.29, 1.82) is 0 Å². The van der Waals surface area contributed by atoms with Crippen LogP contribution in [0.1, 0.15) is 17.0 Å². The maximum Gasteiger partial charge on any atom is 0.272 e. The number of aromatic hydroxyl groups is 2. The van der Waals surface area contributed by atoms with Crippen LogP contribution in [-0.4, -0.2) is 27.7 Å². The number of rotatable bonds is 4. The predicted octanol–water partition coefficient (Wildman–Crippen LogP) is 5.85. The Kier molecular flexibility index (Phi) is 5.94. The van der Waals surface area contributed by atoms with Crippen LogP contribution in [0, 0.1) is 0 Å². The van der Waals surface area contributed by atoms with Gasteiger partial charge in [0.05, 0.1) is 11.6 Å². The van der Waals surface area contributed by atoms with E-state index in [2.05, 4.69) is 10.6 Å². The molecule has 0 saturated carbocycles. The zero-order chi connectivity index (χ0) is 27.3. The molecule has 0 fully saturated rings. The summed E-state index contributed by atoms with van der Waals surface area (Å²) in [4.78, 5) is 28.0. The van der Waals surface area contributed by atoms with Gasteiger partial charge in [-0.15, -0.1) is 0 Å². The number of nitrogens with zero attached hydrogens (tertiary/aromatic N) is 2. The van der Waals surface area contributed by atoms with Crippen molar-refractivity contribution in [3.05, 3.63) is 112 Å². The van der Waals surface area contributed by atoms with Gasteiger partial charge in [-0.2, -0.15) is 5.10 Å². The van der Waals surface area contributed by atoms with Crippen molar-refractivity contribution in [3.63, 3.8) is 0 Å². The highest BCUT2D eigenvalue weighted by atomic mass is 35.5. The number of anilines is 3. The summed E-state index contributed by atoms with van der Waals surface area (Å²) in [6.07, 6.45) is 0. The van der Waals surface area contributed by atoms with Gasteiger partial charge < -0.3 is 20.8 Å². The van der Waals surface area contributed by atoms with Crippen LogP contribution in [0.4, 0.5) is 17.1 Å². The van der Waals surface area contributed by atoms with Gasteiger partial charge >= 0.3 is 0 Å². The van der Waals surface area contributed by atoms with E-state index in [1.807, 2.05) is 0 Å². The van der Waals surface area contributed by atoms with Gasteiger partial charge in [0, 0.05) is 27.0 Å². The number of carbonyl (C=O) groups is 2. The lowest BCUT2D eigenvalue weighted by Gasteiger charge is -2.37. The van der Waals surface area contributed by atoms with Gasteiger partial charge in [-0.1, -0.05) is 41.4 Å². The molecule has 0 bridgehead atoms. The molecule has 194 valence electrons. The number of hydrazone groups is 1. The minimum Gasteiger partial charge on any atom is -0.508 e. The van der Waals surface area contributed by atoms with E-state index in [-0.39, 0.29) is 17.2 Å². The minimum absolute atomic E-state index is 0.0272. The Labute approximate surface area is 233 Å². The van der Waals surface area contributed by atoms with E-state index >= 15 is 0 Å². The van der Waals surface area contributed by atoms with Crippen LogP contribution in [-0.2, 0) is 15.1 Å². The van der Waals surface area contributed by atoms with Gasteiger partial charge in [0.15, 0.2) is 5.54 Å². The number of amides is 2. The molecule has 2 aliphatic rings. The van der Waals surface area contributed by atoms with Crippen molar-refractivity contribution in [2.75, 3.05) is 15.6 Å². The molecule has 2 aliphatic heterocycles. The molecule has 2 amide bonds. The van der Waals surface area contributed by atoms with Gasteiger partial charge in [0.2, 0.25) is 0 Å². The molecule has 0 aromatic heterocycles. The summed E-state index contributed by atoms with van der Waals surface area (Å²) in [5, 5.41) is 33.0. The van der Waals surface area contributed by atoms with Crippen molar-refractivity contribution in [2.45, 2.75) is 11.5 Å². The third-order valence-corrected chi connectivity index (χ3v) is 7.34. The molecule has 0 aliphatic carbocycles. The van der Waals surface area contributed by atoms with Crippen LogP contribution in [0.3, 0.4) is 0 Å². The Morgan fingerprint density at radius 1 is 0.897 bits per heavy atom. The normalized spacial score (nSPS) is 19.5. The predicted molar refractivity (Wildman–Crippen MR) is 151 cm³/mol. The molecular formula is C29H20Cl2N4O4. The highest BCUT2D eigenvalue weighted by Gasteiger charge is 2.63. The molecule has 2 heterocycles. The Bertz CT molecular complexity index is 1660. The highest BCUT2D eigenvalue weighted by Crippen LogP contribution is 2.55. The summed E-state index contributed by atoms with van der Waals surface area (Å²) < 4.78 is 0. The summed E-state index contributed by atoms with van der Waals surface area (Å²) in [5.41, 5.74) is 1.02. The number of hydrogen-bond donors (Lipinski definition) is 4. The third kappa shape index (κ3) is 4.05. The number of halogens is 2. The summed E-state index contributed by atoms with van der Waals surface area (Å²) in [5.74, 6) is -1.89. The van der Waals surface area contributed by atoms with E-state index in [1.165, 1.54) is 29.3 Å². The van der Waals surface area contributed by atoms with Crippen LogP contribution in [0.25, 0.3) is 0 Å². The fourth-order valence-corrected chi connectivity index (χ4v) is 5.52. The summed E-state index contributed by atoms with van der Waals surface area (Å²) in [6, 6.07) is 24.3. The topological polar surface area (TPSA) is 114 Å². The van der Waals surface area contributed by atoms with Crippen molar-refractivity contribution in [2.24, 2.45) is 5.10 Å². The molecule has 39 heavy (non-hydrogen) atoms. The molecular weight excluding hydrogens is 539 g/mol. The molecule has 2 atom stereocenters. The van der Waals surface area contributed by atoms with E-state index in [4.69, 9.17) is 28.3 Å². The van der Waals surface area contributed by atoms with Crippen molar-refractivity contribution < 1.29 is 19.8 Å². The number of nitrogens with one attached hydrogen (secondary N) is 2. The van der Waals surface area contributed by atoms with Crippen molar-refractivity contribution in [1.82, 2.24) is 0 Å². The molecule has 4 aromatic carbocycles. The molecule has 6 rings (SSSR count). The Morgan fingerprint density at radius 3 is 2.33 bits per heavy atom. The second kappa shape index (κ2) is 9.34. The van der Waals surface area contributed by atoms with Crippen LogP contribution < -0.4 is 15.6 Å².